The van der Waals surface area contributed by atoms with Crippen LogP contribution in [0.25, 0.3) is 0 Å². The Morgan fingerprint density at radius 1 is 1.22 bits per heavy atom. The van der Waals surface area contributed by atoms with Gasteiger partial charge in [0.05, 0.1) is 5.56 Å². The summed E-state index contributed by atoms with van der Waals surface area (Å²) < 4.78 is 5.52. The Balaban J connectivity index is 0.00000162. The SMILES string of the molecule is Cl.N=C(N)c1cccnc1OCc1ccncc1. The number of nitrogen functional groups attached to an aromatic ring is 1. The van der Waals surface area contributed by atoms with Gasteiger partial charge in [-0.1, -0.05) is 0 Å². The van der Waals surface area contributed by atoms with Crippen LogP contribution in [0, 0.1) is 5.41 Å². The second kappa shape index (κ2) is 6.56. The van der Waals surface area contributed by atoms with E-state index in [1.165, 1.54) is 0 Å². The molecule has 0 amide bonds. The molecule has 0 atom stereocenters. The first-order chi connectivity index (χ1) is 8.27. The van der Waals surface area contributed by atoms with E-state index in [0.717, 1.165) is 5.56 Å². The quantitative estimate of drug-likeness (QED) is 0.651. The zero-order valence-electron chi connectivity index (χ0n) is 9.54. The van der Waals surface area contributed by atoms with Crippen molar-refractivity contribution in [3.8, 4) is 5.88 Å². The normalized spacial score (nSPS) is 9.33. The number of rotatable bonds is 4. The Labute approximate surface area is 111 Å². The highest BCUT2D eigenvalue weighted by Gasteiger charge is 2.07. The number of ether oxygens (including phenoxy) is 1. The molecule has 5 nitrogen and oxygen atoms in total. The molecule has 0 aliphatic rings. The van der Waals surface area contributed by atoms with E-state index in [-0.39, 0.29) is 18.2 Å². The van der Waals surface area contributed by atoms with Crippen molar-refractivity contribution in [3.63, 3.8) is 0 Å². The fourth-order valence-corrected chi connectivity index (χ4v) is 1.34. The van der Waals surface area contributed by atoms with Gasteiger partial charge in [-0.15, -0.1) is 12.4 Å². The predicted molar refractivity (Wildman–Crippen MR) is 71.1 cm³/mol. The monoisotopic (exact) mass is 264 g/mol. The standard InChI is InChI=1S/C12H12N4O.ClH/c13-11(14)10-2-1-5-16-12(10)17-8-9-3-6-15-7-4-9;/h1-7H,8H2,(H3,13,14);1H. The lowest BCUT2D eigenvalue weighted by molar-refractivity contribution is 0.293. The molecule has 3 N–H and O–H groups in total. The molecule has 0 spiro atoms. The molecule has 94 valence electrons. The van der Waals surface area contributed by atoms with E-state index >= 15 is 0 Å². The first-order valence-electron chi connectivity index (χ1n) is 5.08. The number of halogens is 1. The van der Waals surface area contributed by atoms with Crippen LogP contribution in [-0.4, -0.2) is 15.8 Å². The van der Waals surface area contributed by atoms with Gasteiger partial charge >= 0.3 is 0 Å². The molecule has 18 heavy (non-hydrogen) atoms. The molecule has 0 saturated carbocycles. The average Bonchev–Trinajstić information content (AvgIpc) is 2.38. The fourth-order valence-electron chi connectivity index (χ4n) is 1.34. The largest absolute Gasteiger partial charge is 0.472 e. The highest BCUT2D eigenvalue weighted by atomic mass is 35.5. The lowest BCUT2D eigenvalue weighted by Crippen LogP contribution is -2.13. The Morgan fingerprint density at radius 2 is 1.94 bits per heavy atom. The molecule has 0 aliphatic heterocycles. The summed E-state index contributed by atoms with van der Waals surface area (Å²) in [6.45, 7) is 0.375. The van der Waals surface area contributed by atoms with Gasteiger partial charge in [-0.25, -0.2) is 4.98 Å². The summed E-state index contributed by atoms with van der Waals surface area (Å²) in [5.74, 6) is 0.319. The number of nitrogens with zero attached hydrogens (tertiary/aromatic N) is 2. The summed E-state index contributed by atoms with van der Waals surface area (Å²) in [4.78, 5) is 7.98. The van der Waals surface area contributed by atoms with Gasteiger partial charge in [0.1, 0.15) is 12.4 Å². The van der Waals surface area contributed by atoms with E-state index in [2.05, 4.69) is 9.97 Å². The molecule has 2 aromatic rings. The van der Waals surface area contributed by atoms with Gasteiger partial charge < -0.3 is 10.5 Å². The Kier molecular flexibility index (Phi) is 5.07. The van der Waals surface area contributed by atoms with Crippen molar-refractivity contribution in [2.24, 2.45) is 5.73 Å². The van der Waals surface area contributed by atoms with E-state index in [9.17, 15) is 0 Å². The average molecular weight is 265 g/mol. The third kappa shape index (κ3) is 3.43. The number of nitrogens with two attached hydrogens (primary N) is 1. The highest BCUT2D eigenvalue weighted by molar-refractivity contribution is 5.96. The molecule has 2 heterocycles. The van der Waals surface area contributed by atoms with Gasteiger partial charge in [0.15, 0.2) is 0 Å². The van der Waals surface area contributed by atoms with Crippen LogP contribution in [0.5, 0.6) is 5.88 Å². The van der Waals surface area contributed by atoms with E-state index in [1.807, 2.05) is 12.1 Å². The fraction of sp³-hybridized carbons (Fsp3) is 0.0833. The van der Waals surface area contributed by atoms with Crippen molar-refractivity contribution in [2.75, 3.05) is 0 Å². The van der Waals surface area contributed by atoms with Crippen LogP contribution in [-0.2, 0) is 6.61 Å². The Hall–Kier alpha value is -2.14. The maximum Gasteiger partial charge on any atom is 0.224 e. The first-order valence-corrected chi connectivity index (χ1v) is 5.08. The zero-order valence-corrected chi connectivity index (χ0v) is 10.4. The molecule has 0 bridgehead atoms. The van der Waals surface area contributed by atoms with Crippen LogP contribution in [0.1, 0.15) is 11.1 Å². The van der Waals surface area contributed by atoms with Gasteiger partial charge in [-0.2, -0.15) is 0 Å². The highest BCUT2D eigenvalue weighted by Crippen LogP contribution is 2.14. The maximum atomic E-state index is 7.41. The lowest BCUT2D eigenvalue weighted by Gasteiger charge is -2.08. The molecule has 6 heteroatoms. The van der Waals surface area contributed by atoms with Crippen LogP contribution in [0.15, 0.2) is 42.9 Å². The minimum atomic E-state index is -0.0529. The third-order valence-electron chi connectivity index (χ3n) is 2.19. The Bertz CT molecular complexity index is 518. The van der Waals surface area contributed by atoms with Crippen molar-refractivity contribution in [2.45, 2.75) is 6.61 Å². The summed E-state index contributed by atoms with van der Waals surface area (Å²) in [5.41, 5.74) is 6.92. The zero-order chi connectivity index (χ0) is 12.1. The van der Waals surface area contributed by atoms with Crippen LogP contribution in [0.4, 0.5) is 0 Å². The third-order valence-corrected chi connectivity index (χ3v) is 2.19. The molecule has 0 radical (unpaired) electrons. The van der Waals surface area contributed by atoms with Crippen LogP contribution < -0.4 is 10.5 Å². The molecule has 0 fully saturated rings. The van der Waals surface area contributed by atoms with Crippen LogP contribution in [0.3, 0.4) is 0 Å². The summed E-state index contributed by atoms with van der Waals surface area (Å²) in [5, 5.41) is 7.41. The molecule has 0 saturated heterocycles. The minimum Gasteiger partial charge on any atom is -0.472 e. The van der Waals surface area contributed by atoms with E-state index in [0.29, 0.717) is 18.1 Å². The number of amidine groups is 1. The smallest absolute Gasteiger partial charge is 0.224 e. The number of hydrogen-bond acceptors (Lipinski definition) is 4. The van der Waals surface area contributed by atoms with E-state index in [4.69, 9.17) is 15.9 Å². The molecule has 0 aromatic carbocycles. The minimum absolute atomic E-state index is 0. The number of aromatic nitrogens is 2. The molecule has 2 rings (SSSR count). The second-order valence-corrected chi connectivity index (χ2v) is 3.41. The summed E-state index contributed by atoms with van der Waals surface area (Å²) in [7, 11) is 0. The Morgan fingerprint density at radius 3 is 2.61 bits per heavy atom. The molecule has 0 aliphatic carbocycles. The summed E-state index contributed by atoms with van der Waals surface area (Å²) >= 11 is 0. The molecule has 0 unspecified atom stereocenters. The van der Waals surface area contributed by atoms with Crippen molar-refractivity contribution < 1.29 is 4.74 Å². The number of nitrogens with one attached hydrogen (secondary N) is 1. The maximum absolute atomic E-state index is 7.41. The molecular weight excluding hydrogens is 252 g/mol. The van der Waals surface area contributed by atoms with Crippen molar-refractivity contribution >= 4 is 18.2 Å². The van der Waals surface area contributed by atoms with Gasteiger partial charge in [-0.3, -0.25) is 10.4 Å². The summed E-state index contributed by atoms with van der Waals surface area (Å²) in [6.07, 6.45) is 5.00. The van der Waals surface area contributed by atoms with Gasteiger partial charge in [0, 0.05) is 18.6 Å². The van der Waals surface area contributed by atoms with Gasteiger partial charge in [0.2, 0.25) is 5.88 Å². The lowest BCUT2D eigenvalue weighted by atomic mass is 10.2. The van der Waals surface area contributed by atoms with E-state index in [1.54, 1.807) is 30.7 Å². The summed E-state index contributed by atoms with van der Waals surface area (Å²) in [6, 6.07) is 7.14. The number of pyridine rings is 2. The van der Waals surface area contributed by atoms with Crippen molar-refractivity contribution in [1.82, 2.24) is 9.97 Å². The van der Waals surface area contributed by atoms with Crippen LogP contribution >= 0.6 is 12.4 Å². The second-order valence-electron chi connectivity index (χ2n) is 3.41. The topological polar surface area (TPSA) is 84.9 Å². The number of hydrogen-bond donors (Lipinski definition) is 2. The van der Waals surface area contributed by atoms with Gasteiger partial charge in [0.25, 0.3) is 0 Å². The molecule has 2 aromatic heterocycles. The van der Waals surface area contributed by atoms with Crippen molar-refractivity contribution in [1.29, 1.82) is 5.41 Å². The van der Waals surface area contributed by atoms with E-state index < -0.39 is 0 Å². The van der Waals surface area contributed by atoms with Crippen LogP contribution in [0.2, 0.25) is 0 Å². The molecular formula is C12H13ClN4O. The van der Waals surface area contributed by atoms with Crippen molar-refractivity contribution in [3.05, 3.63) is 54.0 Å². The first kappa shape index (κ1) is 13.9. The predicted octanol–water partition coefficient (Wildman–Crippen LogP) is 1.76. The van der Waals surface area contributed by atoms with Gasteiger partial charge in [-0.05, 0) is 29.8 Å².